The summed E-state index contributed by atoms with van der Waals surface area (Å²) in [6.45, 7) is 8.91. The molecule has 0 aliphatic carbocycles. The predicted octanol–water partition coefficient (Wildman–Crippen LogP) is 1.32. The second-order valence-electron chi connectivity index (χ2n) is 6.31. The smallest absolute Gasteiger partial charge is 0.257 e. The number of likely N-dealkylation sites (tertiary alicyclic amines) is 1. The van der Waals surface area contributed by atoms with Gasteiger partial charge in [0.1, 0.15) is 0 Å². The maximum atomic E-state index is 12.4. The summed E-state index contributed by atoms with van der Waals surface area (Å²) in [6.07, 6.45) is 4.62. The average molecular weight is 264 g/mol. The minimum Gasteiger partial charge on any atom is -0.338 e. The zero-order chi connectivity index (χ0) is 14.0. The van der Waals surface area contributed by atoms with Gasteiger partial charge in [0, 0.05) is 19.3 Å². The van der Waals surface area contributed by atoms with Crippen LogP contribution in [-0.4, -0.2) is 47.3 Å². The molecule has 0 unspecified atom stereocenters. The number of amides is 1. The highest BCUT2D eigenvalue weighted by atomic mass is 16.2. The molecule has 1 fully saturated rings. The van der Waals surface area contributed by atoms with E-state index in [2.05, 4.69) is 31.2 Å². The predicted molar refractivity (Wildman–Crippen MR) is 75.2 cm³/mol. The van der Waals surface area contributed by atoms with Crippen molar-refractivity contribution >= 4 is 5.91 Å². The topological polar surface area (TPSA) is 50.2 Å². The summed E-state index contributed by atoms with van der Waals surface area (Å²) in [6, 6.07) is 0. The quantitative estimate of drug-likeness (QED) is 0.896. The summed E-state index contributed by atoms with van der Waals surface area (Å²) in [7, 11) is 1.96. The van der Waals surface area contributed by atoms with Crippen LogP contribution >= 0.6 is 0 Å². The summed E-state index contributed by atoms with van der Waals surface area (Å²) >= 11 is 0. The van der Waals surface area contributed by atoms with Crippen LogP contribution in [0.3, 0.4) is 0 Å². The summed E-state index contributed by atoms with van der Waals surface area (Å²) in [5, 5.41) is 7.47. The summed E-state index contributed by atoms with van der Waals surface area (Å²) in [5.41, 5.74) is 0.609. The number of hydrogen-bond acceptors (Lipinski definition) is 3. The van der Waals surface area contributed by atoms with Gasteiger partial charge in [0.2, 0.25) is 0 Å². The van der Waals surface area contributed by atoms with Crippen molar-refractivity contribution in [1.82, 2.24) is 20.0 Å². The van der Waals surface area contributed by atoms with Crippen molar-refractivity contribution in [3.63, 3.8) is 0 Å². The molecule has 19 heavy (non-hydrogen) atoms. The van der Waals surface area contributed by atoms with E-state index < -0.39 is 0 Å². The van der Waals surface area contributed by atoms with Crippen LogP contribution in [0, 0.1) is 5.92 Å². The van der Waals surface area contributed by atoms with Gasteiger partial charge in [-0.3, -0.25) is 9.48 Å². The van der Waals surface area contributed by atoms with Gasteiger partial charge in [0.25, 0.3) is 5.91 Å². The third-order valence-electron chi connectivity index (χ3n) is 3.58. The van der Waals surface area contributed by atoms with Gasteiger partial charge in [-0.15, -0.1) is 0 Å². The van der Waals surface area contributed by atoms with Crippen LogP contribution in [0.5, 0.6) is 0 Å². The Balaban J connectivity index is 2.03. The molecular weight excluding hydrogens is 240 g/mol. The van der Waals surface area contributed by atoms with E-state index in [0.717, 1.165) is 26.1 Å². The van der Waals surface area contributed by atoms with Gasteiger partial charge in [-0.25, -0.2) is 0 Å². The lowest BCUT2D eigenvalue weighted by Crippen LogP contribution is -2.30. The molecule has 1 aliphatic rings. The lowest BCUT2D eigenvalue weighted by molar-refractivity contribution is 0.0787. The molecule has 1 aliphatic heterocycles. The number of aromatic nitrogens is 2. The van der Waals surface area contributed by atoms with Gasteiger partial charge in [0.15, 0.2) is 0 Å². The standard InChI is InChI=1S/C14H24N4O/c1-14(2,3)18-10-12(8-16-18)13(19)17-6-5-11(9-17)7-15-4/h8,10-11,15H,5-7,9H2,1-4H3/t11-/m1/s1. The van der Waals surface area contributed by atoms with Crippen LogP contribution in [-0.2, 0) is 5.54 Å². The molecule has 0 spiro atoms. The lowest BCUT2D eigenvalue weighted by Gasteiger charge is -2.19. The molecule has 0 saturated carbocycles. The Bertz CT molecular complexity index is 447. The van der Waals surface area contributed by atoms with E-state index in [-0.39, 0.29) is 11.4 Å². The first-order valence-electron chi connectivity index (χ1n) is 6.91. The van der Waals surface area contributed by atoms with Gasteiger partial charge in [0.05, 0.1) is 17.3 Å². The van der Waals surface area contributed by atoms with Crippen LogP contribution in [0.2, 0.25) is 0 Å². The van der Waals surface area contributed by atoms with E-state index in [0.29, 0.717) is 11.5 Å². The fraction of sp³-hybridized carbons (Fsp3) is 0.714. The molecular formula is C14H24N4O. The van der Waals surface area contributed by atoms with Crippen molar-refractivity contribution in [3.8, 4) is 0 Å². The van der Waals surface area contributed by atoms with E-state index in [9.17, 15) is 4.79 Å². The van der Waals surface area contributed by atoms with Crippen LogP contribution in [0.15, 0.2) is 12.4 Å². The number of rotatable bonds is 3. The normalized spacial score (nSPS) is 20.0. The molecule has 2 rings (SSSR count). The maximum Gasteiger partial charge on any atom is 0.257 e. The zero-order valence-electron chi connectivity index (χ0n) is 12.3. The van der Waals surface area contributed by atoms with Gasteiger partial charge >= 0.3 is 0 Å². The van der Waals surface area contributed by atoms with Crippen molar-refractivity contribution in [3.05, 3.63) is 18.0 Å². The molecule has 5 nitrogen and oxygen atoms in total. The Morgan fingerprint density at radius 3 is 2.84 bits per heavy atom. The number of nitrogens with one attached hydrogen (secondary N) is 1. The second-order valence-corrected chi connectivity index (χ2v) is 6.31. The second kappa shape index (κ2) is 5.33. The molecule has 1 atom stereocenters. The minimum atomic E-state index is -0.0851. The van der Waals surface area contributed by atoms with Crippen LogP contribution in [0.1, 0.15) is 37.6 Å². The van der Waals surface area contributed by atoms with Gasteiger partial charge < -0.3 is 10.2 Å². The number of hydrogen-bond donors (Lipinski definition) is 1. The summed E-state index contributed by atoms with van der Waals surface area (Å²) in [5.74, 6) is 0.681. The zero-order valence-corrected chi connectivity index (χ0v) is 12.3. The highest BCUT2D eigenvalue weighted by Gasteiger charge is 2.27. The molecule has 0 aromatic carbocycles. The molecule has 1 aromatic rings. The van der Waals surface area contributed by atoms with Crippen LogP contribution in [0.25, 0.3) is 0 Å². The van der Waals surface area contributed by atoms with E-state index in [1.54, 1.807) is 6.20 Å². The maximum absolute atomic E-state index is 12.4. The molecule has 1 amide bonds. The Morgan fingerprint density at radius 2 is 2.26 bits per heavy atom. The monoisotopic (exact) mass is 264 g/mol. The number of nitrogens with zero attached hydrogens (tertiary/aromatic N) is 3. The van der Waals surface area contributed by atoms with E-state index in [1.807, 2.05) is 22.8 Å². The van der Waals surface area contributed by atoms with Crippen molar-refractivity contribution in [2.75, 3.05) is 26.7 Å². The van der Waals surface area contributed by atoms with Crippen molar-refractivity contribution < 1.29 is 4.79 Å². The van der Waals surface area contributed by atoms with Crippen LogP contribution in [0.4, 0.5) is 0 Å². The van der Waals surface area contributed by atoms with Gasteiger partial charge in [-0.1, -0.05) is 0 Å². The first-order valence-corrected chi connectivity index (χ1v) is 6.91. The lowest BCUT2D eigenvalue weighted by atomic mass is 10.1. The van der Waals surface area contributed by atoms with E-state index in [1.165, 1.54) is 0 Å². The van der Waals surface area contributed by atoms with E-state index >= 15 is 0 Å². The Labute approximate surface area is 115 Å². The van der Waals surface area contributed by atoms with Gasteiger partial charge in [-0.2, -0.15) is 5.10 Å². The molecule has 1 saturated heterocycles. The average Bonchev–Trinajstić information content (AvgIpc) is 2.96. The third kappa shape index (κ3) is 3.15. The largest absolute Gasteiger partial charge is 0.338 e. The fourth-order valence-corrected chi connectivity index (χ4v) is 2.46. The Kier molecular flexibility index (Phi) is 3.94. The number of carbonyl (C=O) groups excluding carboxylic acids is 1. The summed E-state index contributed by atoms with van der Waals surface area (Å²) in [4.78, 5) is 14.3. The molecule has 0 radical (unpaired) electrons. The van der Waals surface area contributed by atoms with E-state index in [4.69, 9.17) is 0 Å². The van der Waals surface area contributed by atoms with Crippen molar-refractivity contribution in [1.29, 1.82) is 0 Å². The molecule has 5 heteroatoms. The molecule has 1 N–H and O–H groups in total. The van der Waals surface area contributed by atoms with Crippen molar-refractivity contribution in [2.24, 2.45) is 5.92 Å². The molecule has 1 aromatic heterocycles. The molecule has 106 valence electrons. The first kappa shape index (κ1) is 14.1. The van der Waals surface area contributed by atoms with Crippen molar-refractivity contribution in [2.45, 2.75) is 32.7 Å². The minimum absolute atomic E-state index is 0.0851. The Morgan fingerprint density at radius 1 is 1.53 bits per heavy atom. The molecule has 0 bridgehead atoms. The fourth-order valence-electron chi connectivity index (χ4n) is 2.46. The highest BCUT2D eigenvalue weighted by Crippen LogP contribution is 2.19. The van der Waals surface area contributed by atoms with Gasteiger partial charge in [-0.05, 0) is 46.7 Å². The third-order valence-corrected chi connectivity index (χ3v) is 3.58. The highest BCUT2D eigenvalue weighted by molar-refractivity contribution is 5.93. The summed E-state index contributed by atoms with van der Waals surface area (Å²) < 4.78 is 1.85. The Hall–Kier alpha value is -1.36. The SMILES string of the molecule is CNC[C@H]1CCN(C(=O)c2cnn(C(C)(C)C)c2)C1. The molecule has 2 heterocycles. The number of carbonyl (C=O) groups is 1. The first-order chi connectivity index (χ1) is 8.91. The van der Waals surface area contributed by atoms with Crippen LogP contribution < -0.4 is 5.32 Å².